The fourth-order valence-corrected chi connectivity index (χ4v) is 1.47. The van der Waals surface area contributed by atoms with Gasteiger partial charge in [-0.2, -0.15) is 0 Å². The van der Waals surface area contributed by atoms with E-state index in [0.717, 1.165) is 6.42 Å². The second kappa shape index (κ2) is 7.42. The summed E-state index contributed by atoms with van der Waals surface area (Å²) in [5.41, 5.74) is 5.34. The normalized spacial score (nSPS) is 14.9. The lowest BCUT2D eigenvalue weighted by molar-refractivity contribution is -0.781. The molecule has 0 fully saturated rings. The number of carboxylic acid groups (broad SMARTS) is 1. The van der Waals surface area contributed by atoms with Gasteiger partial charge in [-0.3, -0.25) is 4.48 Å². The van der Waals surface area contributed by atoms with Gasteiger partial charge in [0.15, 0.2) is 6.04 Å². The van der Waals surface area contributed by atoms with E-state index in [2.05, 4.69) is 4.99 Å². The van der Waals surface area contributed by atoms with E-state index in [1.165, 1.54) is 0 Å². The molecule has 106 valence electrons. The Morgan fingerprint density at radius 2 is 1.83 bits per heavy atom. The maximum atomic E-state index is 11.1. The summed E-state index contributed by atoms with van der Waals surface area (Å²) in [6.45, 7) is 0.501. The third kappa shape index (κ3) is 6.06. The summed E-state index contributed by atoms with van der Waals surface area (Å²) in [6.07, 6.45) is -0.0619. The number of aliphatic imine (C=N–C) groups is 1. The first-order valence-electron chi connectivity index (χ1n) is 5.89. The molecule has 5 N–H and O–H groups in total. The standard InChI is InChI=1S/C11H23N3O4/c1-14(2,3)9(11(17)18)13-8(10(15)16)6-4-5-7-12/h8,11,17-18H,4-7,12H2,1-3H3/p+1/t8-/m0/s1. The van der Waals surface area contributed by atoms with Crippen LogP contribution < -0.4 is 5.73 Å². The third-order valence-corrected chi connectivity index (χ3v) is 2.42. The number of hydrogen-bond acceptors (Lipinski definition) is 5. The van der Waals surface area contributed by atoms with Crippen LogP contribution in [0.15, 0.2) is 4.99 Å². The third-order valence-electron chi connectivity index (χ3n) is 2.42. The molecule has 0 aromatic heterocycles. The summed E-state index contributed by atoms with van der Waals surface area (Å²) < 4.78 is 0.0678. The van der Waals surface area contributed by atoms with Crippen LogP contribution in [0.5, 0.6) is 0 Å². The second-order valence-electron chi connectivity index (χ2n) is 5.01. The van der Waals surface area contributed by atoms with Crippen LogP contribution in [-0.4, -0.2) is 71.6 Å². The molecule has 0 aliphatic carbocycles. The Bertz CT molecular complexity index is 297. The molecule has 0 aromatic carbocycles. The molecule has 7 nitrogen and oxygen atoms in total. The van der Waals surface area contributed by atoms with Crippen LogP contribution in [0.2, 0.25) is 0 Å². The molecule has 0 saturated heterocycles. The zero-order chi connectivity index (χ0) is 14.3. The van der Waals surface area contributed by atoms with Crippen molar-refractivity contribution < 1.29 is 24.6 Å². The van der Waals surface area contributed by atoms with Gasteiger partial charge in [0.1, 0.15) is 0 Å². The average molecular weight is 262 g/mol. The zero-order valence-corrected chi connectivity index (χ0v) is 11.2. The maximum absolute atomic E-state index is 11.1. The van der Waals surface area contributed by atoms with Gasteiger partial charge in [0, 0.05) is 0 Å². The van der Waals surface area contributed by atoms with Crippen LogP contribution in [0.1, 0.15) is 19.3 Å². The van der Waals surface area contributed by atoms with Crippen molar-refractivity contribution >= 4 is 11.8 Å². The summed E-state index contributed by atoms with van der Waals surface area (Å²) >= 11 is 0. The van der Waals surface area contributed by atoms with E-state index >= 15 is 0 Å². The molecule has 0 bridgehead atoms. The minimum absolute atomic E-state index is 0.0233. The lowest BCUT2D eigenvalue weighted by Crippen LogP contribution is -2.48. The van der Waals surface area contributed by atoms with Gasteiger partial charge in [0.2, 0.25) is 6.29 Å². The predicted molar refractivity (Wildman–Crippen MR) is 68.0 cm³/mol. The van der Waals surface area contributed by atoms with Gasteiger partial charge < -0.3 is 21.1 Å². The molecule has 0 aromatic rings. The molecular formula is C11H24N3O4+. The first kappa shape index (κ1) is 17.0. The van der Waals surface area contributed by atoms with E-state index < -0.39 is 18.3 Å². The quantitative estimate of drug-likeness (QED) is 0.154. The van der Waals surface area contributed by atoms with Crippen molar-refractivity contribution in [2.75, 3.05) is 27.7 Å². The molecule has 18 heavy (non-hydrogen) atoms. The number of carbonyl (C=O) groups is 1. The van der Waals surface area contributed by atoms with Crippen molar-refractivity contribution in [1.82, 2.24) is 0 Å². The highest BCUT2D eigenvalue weighted by Gasteiger charge is 2.28. The highest BCUT2D eigenvalue weighted by atomic mass is 16.5. The molecule has 0 aliphatic rings. The number of aliphatic hydroxyl groups is 2. The van der Waals surface area contributed by atoms with E-state index in [1.54, 1.807) is 21.1 Å². The number of nitrogens with two attached hydrogens (primary N) is 1. The number of nitrogens with zero attached hydrogens (tertiary/aromatic N) is 2. The molecule has 0 amide bonds. The summed E-state index contributed by atoms with van der Waals surface area (Å²) in [7, 11) is 5.07. The highest BCUT2D eigenvalue weighted by Crippen LogP contribution is 2.09. The number of quaternary nitrogens is 1. The van der Waals surface area contributed by atoms with Gasteiger partial charge in [0.05, 0.1) is 21.1 Å². The van der Waals surface area contributed by atoms with Gasteiger partial charge >= 0.3 is 5.97 Å². The first-order valence-corrected chi connectivity index (χ1v) is 5.89. The van der Waals surface area contributed by atoms with Crippen LogP contribution in [0.4, 0.5) is 0 Å². The first-order chi connectivity index (χ1) is 8.20. The fraction of sp³-hybridized carbons (Fsp3) is 0.818. The molecule has 7 heteroatoms. The van der Waals surface area contributed by atoms with Gasteiger partial charge in [0.25, 0.3) is 5.84 Å². The fourth-order valence-electron chi connectivity index (χ4n) is 1.47. The molecule has 1 atom stereocenters. The second-order valence-corrected chi connectivity index (χ2v) is 5.01. The van der Waals surface area contributed by atoms with Crippen molar-refractivity contribution in [1.29, 1.82) is 0 Å². The van der Waals surface area contributed by atoms with Crippen LogP contribution in [0.3, 0.4) is 0 Å². The number of aliphatic hydroxyl groups excluding tert-OH is 1. The Morgan fingerprint density at radius 1 is 1.28 bits per heavy atom. The zero-order valence-electron chi connectivity index (χ0n) is 11.2. The number of hydrogen-bond donors (Lipinski definition) is 4. The van der Waals surface area contributed by atoms with Crippen LogP contribution >= 0.6 is 0 Å². The topological polar surface area (TPSA) is 116 Å². The Hall–Kier alpha value is -1.02. The lowest BCUT2D eigenvalue weighted by atomic mass is 10.1. The van der Waals surface area contributed by atoms with E-state index in [9.17, 15) is 15.0 Å². The van der Waals surface area contributed by atoms with Gasteiger partial charge in [-0.15, -0.1) is 0 Å². The number of carboxylic acids is 1. The van der Waals surface area contributed by atoms with Gasteiger partial charge in [-0.05, 0) is 25.8 Å². The maximum Gasteiger partial charge on any atom is 0.328 e. The monoisotopic (exact) mass is 262 g/mol. The molecule has 0 rings (SSSR count). The van der Waals surface area contributed by atoms with Crippen molar-refractivity contribution in [3.05, 3.63) is 0 Å². The number of likely N-dealkylation sites (N-methyl/N-ethyl adjacent to an activating group) is 1. The highest BCUT2D eigenvalue weighted by molar-refractivity contribution is 5.83. The lowest BCUT2D eigenvalue weighted by Gasteiger charge is -2.26. The van der Waals surface area contributed by atoms with Crippen LogP contribution in [0.25, 0.3) is 0 Å². The molecular weight excluding hydrogens is 238 g/mol. The Kier molecular flexibility index (Phi) is 7.00. The molecule has 0 unspecified atom stereocenters. The number of aliphatic carboxylic acids is 1. The smallest absolute Gasteiger partial charge is 0.328 e. The van der Waals surface area contributed by atoms with Crippen molar-refractivity contribution in [2.45, 2.75) is 31.6 Å². The molecule has 0 saturated carbocycles. The number of rotatable bonds is 7. The Balaban J connectivity index is 4.93. The summed E-state index contributed by atoms with van der Waals surface area (Å²) in [4.78, 5) is 15.0. The molecule has 0 aliphatic heterocycles. The van der Waals surface area contributed by atoms with E-state index in [0.29, 0.717) is 19.4 Å². The van der Waals surface area contributed by atoms with Crippen molar-refractivity contribution in [3.8, 4) is 0 Å². The van der Waals surface area contributed by atoms with E-state index in [-0.39, 0.29) is 10.3 Å². The Morgan fingerprint density at radius 3 is 2.17 bits per heavy atom. The minimum Gasteiger partial charge on any atom is -0.480 e. The predicted octanol–water partition coefficient (Wildman–Crippen LogP) is -1.02. The van der Waals surface area contributed by atoms with E-state index in [4.69, 9.17) is 10.8 Å². The molecule has 0 spiro atoms. The van der Waals surface area contributed by atoms with E-state index in [1.807, 2.05) is 0 Å². The van der Waals surface area contributed by atoms with Gasteiger partial charge in [-0.25, -0.2) is 9.79 Å². The average Bonchev–Trinajstić information content (AvgIpc) is 2.20. The summed E-state index contributed by atoms with van der Waals surface area (Å²) in [6, 6.07) is -0.967. The molecule has 0 heterocycles. The number of amidine groups is 1. The van der Waals surface area contributed by atoms with Crippen molar-refractivity contribution in [3.63, 3.8) is 0 Å². The Labute approximate surface area is 107 Å². The SMILES string of the molecule is C[N+](C)(C)C(=N[C@@H](CCCCN)C(=O)O)C(O)O. The van der Waals surface area contributed by atoms with Gasteiger partial charge in [-0.1, -0.05) is 0 Å². The number of unbranched alkanes of at least 4 members (excludes halogenated alkanes) is 1. The molecule has 0 radical (unpaired) electrons. The van der Waals surface area contributed by atoms with Crippen LogP contribution in [0, 0.1) is 0 Å². The summed E-state index contributed by atoms with van der Waals surface area (Å²) in [5, 5.41) is 27.6. The minimum atomic E-state index is -1.76. The largest absolute Gasteiger partial charge is 0.480 e. The van der Waals surface area contributed by atoms with Crippen LogP contribution in [-0.2, 0) is 4.79 Å². The van der Waals surface area contributed by atoms with Crippen molar-refractivity contribution in [2.24, 2.45) is 10.7 Å². The summed E-state index contributed by atoms with van der Waals surface area (Å²) in [5.74, 6) is -1.05.